The number of halogens is 3. The van der Waals surface area contributed by atoms with Crippen molar-refractivity contribution >= 4 is 22.3 Å². The summed E-state index contributed by atoms with van der Waals surface area (Å²) >= 11 is 0. The number of hydrogen-bond donors (Lipinski definition) is 2. The molecule has 0 radical (unpaired) electrons. The van der Waals surface area contributed by atoms with Crippen LogP contribution in [0.1, 0.15) is 0 Å². The van der Waals surface area contributed by atoms with Crippen LogP contribution in [0.15, 0.2) is 72.9 Å². The molecule has 0 aliphatic carbocycles. The third-order valence-corrected chi connectivity index (χ3v) is 4.55. The monoisotopic (exact) mass is 426 g/mol. The van der Waals surface area contributed by atoms with E-state index >= 15 is 0 Å². The molecule has 0 bridgehead atoms. The number of rotatable bonds is 5. The second kappa shape index (κ2) is 8.06. The predicted octanol–water partition coefficient (Wildman–Crippen LogP) is 6.26. The SMILES string of the molecule is COc1cc(Nc2ccnc3ccc(OC(F)(F)F)cc23)cc(-c2cccc(O)c2)c1. The molecule has 0 spiro atoms. The largest absolute Gasteiger partial charge is 0.573 e. The van der Waals surface area contributed by atoms with E-state index in [0.717, 1.165) is 11.1 Å². The Labute approximate surface area is 175 Å². The topological polar surface area (TPSA) is 63.6 Å². The fraction of sp³-hybridized carbons (Fsp3) is 0.0870. The van der Waals surface area contributed by atoms with Crippen molar-refractivity contribution in [3.63, 3.8) is 0 Å². The Morgan fingerprint density at radius 2 is 1.74 bits per heavy atom. The number of nitrogens with zero attached hydrogens (tertiary/aromatic N) is 1. The summed E-state index contributed by atoms with van der Waals surface area (Å²) in [5, 5.41) is 13.5. The number of alkyl halides is 3. The highest BCUT2D eigenvalue weighted by molar-refractivity contribution is 5.94. The minimum atomic E-state index is -4.79. The van der Waals surface area contributed by atoms with Gasteiger partial charge in [0.25, 0.3) is 0 Å². The lowest BCUT2D eigenvalue weighted by Crippen LogP contribution is -2.17. The van der Waals surface area contributed by atoms with Crippen molar-refractivity contribution in [1.29, 1.82) is 0 Å². The molecule has 8 heteroatoms. The summed E-state index contributed by atoms with van der Waals surface area (Å²) in [7, 11) is 1.54. The number of fused-ring (bicyclic) bond motifs is 1. The van der Waals surface area contributed by atoms with Crippen LogP contribution in [-0.2, 0) is 0 Å². The first-order chi connectivity index (χ1) is 14.8. The number of phenolic OH excluding ortho intramolecular Hbond substituents is 1. The van der Waals surface area contributed by atoms with Gasteiger partial charge >= 0.3 is 6.36 Å². The van der Waals surface area contributed by atoms with Crippen molar-refractivity contribution in [2.75, 3.05) is 12.4 Å². The molecule has 0 saturated heterocycles. The maximum absolute atomic E-state index is 12.6. The standard InChI is InChI=1S/C23H17F3N2O3/c1-30-19-11-15(14-3-2-4-17(29)10-14)9-16(12-19)28-22-7-8-27-21-6-5-18(13-20(21)22)31-23(24,25)26/h2-13,29H,1H3,(H,27,28). The van der Waals surface area contributed by atoms with Crippen LogP contribution in [0, 0.1) is 0 Å². The molecule has 3 aromatic carbocycles. The second-order valence-corrected chi connectivity index (χ2v) is 6.71. The van der Waals surface area contributed by atoms with Crippen LogP contribution in [0.2, 0.25) is 0 Å². The number of aromatic nitrogens is 1. The van der Waals surface area contributed by atoms with E-state index in [4.69, 9.17) is 4.74 Å². The quantitative estimate of drug-likeness (QED) is 0.395. The van der Waals surface area contributed by atoms with E-state index in [2.05, 4.69) is 15.0 Å². The van der Waals surface area contributed by atoms with Crippen LogP contribution < -0.4 is 14.8 Å². The van der Waals surface area contributed by atoms with Crippen LogP contribution in [0.3, 0.4) is 0 Å². The molecule has 5 nitrogen and oxygen atoms in total. The second-order valence-electron chi connectivity index (χ2n) is 6.71. The van der Waals surface area contributed by atoms with Gasteiger partial charge in [0.05, 0.1) is 12.6 Å². The van der Waals surface area contributed by atoms with Crippen LogP contribution in [0.25, 0.3) is 22.0 Å². The number of nitrogens with one attached hydrogen (secondary N) is 1. The van der Waals surface area contributed by atoms with Crippen LogP contribution >= 0.6 is 0 Å². The lowest BCUT2D eigenvalue weighted by Gasteiger charge is -2.14. The Bertz CT molecular complexity index is 1240. The van der Waals surface area contributed by atoms with Crippen LogP contribution in [0.5, 0.6) is 17.2 Å². The predicted molar refractivity (Wildman–Crippen MR) is 112 cm³/mol. The summed E-state index contributed by atoms with van der Waals surface area (Å²) in [6, 6.07) is 17.8. The maximum atomic E-state index is 12.6. The number of pyridine rings is 1. The van der Waals surface area contributed by atoms with Crippen molar-refractivity contribution in [1.82, 2.24) is 4.98 Å². The first-order valence-corrected chi connectivity index (χ1v) is 9.21. The number of ether oxygens (including phenoxy) is 2. The molecular weight excluding hydrogens is 409 g/mol. The molecule has 1 aromatic heterocycles. The molecule has 0 saturated carbocycles. The van der Waals surface area contributed by atoms with Crippen molar-refractivity contribution in [3.8, 4) is 28.4 Å². The molecule has 31 heavy (non-hydrogen) atoms. The normalized spacial score (nSPS) is 11.4. The van der Waals surface area contributed by atoms with Crippen molar-refractivity contribution in [2.45, 2.75) is 6.36 Å². The highest BCUT2D eigenvalue weighted by atomic mass is 19.4. The first kappa shape index (κ1) is 20.3. The van der Waals surface area contributed by atoms with Crippen molar-refractivity contribution in [3.05, 3.63) is 72.9 Å². The van der Waals surface area contributed by atoms with E-state index in [9.17, 15) is 18.3 Å². The van der Waals surface area contributed by atoms with Crippen molar-refractivity contribution in [2.24, 2.45) is 0 Å². The zero-order chi connectivity index (χ0) is 22.0. The lowest BCUT2D eigenvalue weighted by atomic mass is 10.0. The molecule has 0 fully saturated rings. The van der Waals surface area contributed by atoms with Gasteiger partial charge < -0.3 is 19.9 Å². The highest BCUT2D eigenvalue weighted by Crippen LogP contribution is 2.34. The third kappa shape index (κ3) is 4.80. The maximum Gasteiger partial charge on any atom is 0.573 e. The average Bonchev–Trinajstić information content (AvgIpc) is 2.73. The molecule has 0 unspecified atom stereocenters. The van der Waals surface area contributed by atoms with Gasteiger partial charge in [0.15, 0.2) is 0 Å². The molecular formula is C23H17F3N2O3. The Kier molecular flexibility index (Phi) is 5.29. The van der Waals surface area contributed by atoms with E-state index in [-0.39, 0.29) is 11.5 Å². The first-order valence-electron chi connectivity index (χ1n) is 9.21. The van der Waals surface area contributed by atoms with E-state index in [1.54, 1.807) is 36.5 Å². The number of aromatic hydroxyl groups is 1. The summed E-state index contributed by atoms with van der Waals surface area (Å²) in [5.41, 5.74) is 3.27. The molecule has 4 rings (SSSR count). The number of phenols is 1. The lowest BCUT2D eigenvalue weighted by molar-refractivity contribution is -0.274. The zero-order valence-electron chi connectivity index (χ0n) is 16.3. The van der Waals surface area contributed by atoms with E-state index < -0.39 is 6.36 Å². The summed E-state index contributed by atoms with van der Waals surface area (Å²) in [5.74, 6) is 0.372. The van der Waals surface area contributed by atoms with E-state index in [1.165, 1.54) is 25.3 Å². The molecule has 4 aromatic rings. The number of benzene rings is 3. The smallest absolute Gasteiger partial charge is 0.508 e. The molecule has 0 aliphatic heterocycles. The van der Waals surface area contributed by atoms with E-state index in [0.29, 0.717) is 28.0 Å². The van der Waals surface area contributed by atoms with Gasteiger partial charge in [-0.1, -0.05) is 12.1 Å². The summed E-state index contributed by atoms with van der Waals surface area (Å²) in [6.45, 7) is 0. The van der Waals surface area contributed by atoms with Crippen LogP contribution in [-0.4, -0.2) is 23.6 Å². The van der Waals surface area contributed by atoms with E-state index in [1.807, 2.05) is 18.2 Å². The Morgan fingerprint density at radius 1 is 0.903 bits per heavy atom. The summed E-state index contributed by atoms with van der Waals surface area (Å²) in [6.07, 6.45) is -3.22. The Balaban J connectivity index is 1.74. The van der Waals surface area contributed by atoms with Gasteiger partial charge in [-0.2, -0.15) is 0 Å². The molecule has 158 valence electrons. The zero-order valence-corrected chi connectivity index (χ0v) is 16.3. The number of methoxy groups -OCH3 is 1. The molecule has 0 aliphatic rings. The number of hydrogen-bond acceptors (Lipinski definition) is 5. The number of anilines is 2. The van der Waals surface area contributed by atoms with Gasteiger partial charge in [-0.25, -0.2) is 0 Å². The van der Waals surface area contributed by atoms with Gasteiger partial charge in [0.1, 0.15) is 17.2 Å². The van der Waals surface area contributed by atoms with Gasteiger partial charge in [-0.15, -0.1) is 13.2 Å². The highest BCUT2D eigenvalue weighted by Gasteiger charge is 2.31. The van der Waals surface area contributed by atoms with Gasteiger partial charge in [-0.05, 0) is 59.7 Å². The fourth-order valence-electron chi connectivity index (χ4n) is 3.23. The molecule has 0 atom stereocenters. The summed E-state index contributed by atoms with van der Waals surface area (Å²) in [4.78, 5) is 4.20. The van der Waals surface area contributed by atoms with Crippen molar-refractivity contribution < 1.29 is 27.8 Å². The Hall–Kier alpha value is -3.94. The van der Waals surface area contributed by atoms with Gasteiger partial charge in [0.2, 0.25) is 0 Å². The Morgan fingerprint density at radius 3 is 2.48 bits per heavy atom. The van der Waals surface area contributed by atoms with Gasteiger partial charge in [-0.3, -0.25) is 4.98 Å². The van der Waals surface area contributed by atoms with Crippen LogP contribution in [0.4, 0.5) is 24.5 Å². The van der Waals surface area contributed by atoms with Gasteiger partial charge in [0, 0.05) is 29.0 Å². The summed E-state index contributed by atoms with van der Waals surface area (Å²) < 4.78 is 47.3. The average molecular weight is 426 g/mol. The fourth-order valence-corrected chi connectivity index (χ4v) is 3.23. The third-order valence-electron chi connectivity index (χ3n) is 4.55. The molecule has 0 amide bonds. The minimum Gasteiger partial charge on any atom is -0.508 e. The minimum absolute atomic E-state index is 0.132. The molecule has 2 N–H and O–H groups in total. The molecule has 1 heterocycles.